The van der Waals surface area contributed by atoms with Crippen LogP contribution in [0.4, 0.5) is 0 Å². The molecule has 0 amide bonds. The minimum atomic E-state index is -0.317. The van der Waals surface area contributed by atoms with Crippen LogP contribution in [-0.2, 0) is 11.2 Å². The van der Waals surface area contributed by atoms with Gasteiger partial charge in [-0.05, 0) is 43.0 Å². The second kappa shape index (κ2) is 6.64. The predicted molar refractivity (Wildman–Crippen MR) is 71.8 cm³/mol. The summed E-state index contributed by atoms with van der Waals surface area (Å²) >= 11 is 0. The normalized spacial score (nSPS) is 10.2. The van der Waals surface area contributed by atoms with E-state index in [1.54, 1.807) is 18.5 Å². The van der Waals surface area contributed by atoms with Gasteiger partial charge in [0.2, 0.25) is 0 Å². The van der Waals surface area contributed by atoms with Crippen molar-refractivity contribution in [3.63, 3.8) is 0 Å². The third-order valence-electron chi connectivity index (χ3n) is 2.68. The van der Waals surface area contributed by atoms with Gasteiger partial charge in [-0.15, -0.1) is 0 Å². The third-order valence-corrected chi connectivity index (χ3v) is 2.68. The van der Waals surface area contributed by atoms with Crippen LogP contribution in [0.25, 0.3) is 0 Å². The van der Waals surface area contributed by atoms with Crippen molar-refractivity contribution in [2.75, 3.05) is 6.61 Å². The van der Waals surface area contributed by atoms with E-state index in [1.165, 1.54) is 6.20 Å². The van der Waals surface area contributed by atoms with Gasteiger partial charge in [0.15, 0.2) is 0 Å². The number of hydrogen-bond acceptors (Lipinski definition) is 4. The van der Waals surface area contributed by atoms with Crippen LogP contribution >= 0.6 is 0 Å². The molecule has 0 aromatic carbocycles. The Morgan fingerprint density at radius 3 is 2.89 bits per heavy atom. The van der Waals surface area contributed by atoms with Gasteiger partial charge in [-0.1, -0.05) is 6.07 Å². The lowest BCUT2D eigenvalue weighted by Gasteiger charge is -2.05. The number of carbonyl (C=O) groups excluding carboxylic acids is 1. The fourth-order valence-corrected chi connectivity index (χ4v) is 1.74. The summed E-state index contributed by atoms with van der Waals surface area (Å²) in [4.78, 5) is 19.7. The summed E-state index contributed by atoms with van der Waals surface area (Å²) in [5, 5.41) is 0. The monoisotopic (exact) mass is 256 g/mol. The van der Waals surface area contributed by atoms with Crippen LogP contribution in [0.5, 0.6) is 0 Å². The van der Waals surface area contributed by atoms with Crippen LogP contribution < -0.4 is 0 Å². The molecule has 0 fully saturated rings. The Hall–Kier alpha value is -2.23. The van der Waals surface area contributed by atoms with Crippen LogP contribution in [0.1, 0.15) is 27.9 Å². The Morgan fingerprint density at radius 1 is 1.26 bits per heavy atom. The Balaban J connectivity index is 1.75. The number of hydrogen-bond donors (Lipinski definition) is 0. The minimum absolute atomic E-state index is 0.317. The molecular weight excluding hydrogens is 240 g/mol. The van der Waals surface area contributed by atoms with Gasteiger partial charge in [-0.25, -0.2) is 4.79 Å². The first kappa shape index (κ1) is 13.2. The summed E-state index contributed by atoms with van der Waals surface area (Å²) in [6.45, 7) is 2.30. The van der Waals surface area contributed by atoms with E-state index in [0.717, 1.165) is 24.0 Å². The Kier molecular flexibility index (Phi) is 4.61. The molecule has 2 aromatic rings. The molecule has 0 N–H and O–H groups in total. The van der Waals surface area contributed by atoms with E-state index in [-0.39, 0.29) is 5.97 Å². The number of esters is 1. The van der Waals surface area contributed by atoms with Gasteiger partial charge >= 0.3 is 5.97 Å². The molecule has 0 bridgehead atoms. The molecular formula is C15H16N2O2. The molecule has 2 aromatic heterocycles. The van der Waals surface area contributed by atoms with Gasteiger partial charge in [0.05, 0.1) is 12.2 Å². The molecule has 19 heavy (non-hydrogen) atoms. The van der Waals surface area contributed by atoms with Crippen molar-refractivity contribution in [1.29, 1.82) is 0 Å². The maximum absolute atomic E-state index is 11.7. The number of carbonyl (C=O) groups is 1. The molecule has 98 valence electrons. The van der Waals surface area contributed by atoms with Crippen molar-refractivity contribution < 1.29 is 9.53 Å². The zero-order chi connectivity index (χ0) is 13.5. The standard InChI is InChI=1S/C15H16N2O2/c1-12-8-14(11-17-9-12)15(18)19-7-3-5-13-4-2-6-16-10-13/h2,4,6,8-11H,3,5,7H2,1H3. The Morgan fingerprint density at radius 2 is 2.16 bits per heavy atom. The lowest BCUT2D eigenvalue weighted by Crippen LogP contribution is -2.07. The average molecular weight is 256 g/mol. The molecule has 0 aliphatic carbocycles. The maximum Gasteiger partial charge on any atom is 0.339 e. The highest BCUT2D eigenvalue weighted by atomic mass is 16.5. The number of aromatic nitrogens is 2. The highest BCUT2D eigenvalue weighted by molar-refractivity contribution is 5.89. The summed E-state index contributed by atoms with van der Waals surface area (Å²) in [5.74, 6) is -0.317. The second-order valence-electron chi connectivity index (χ2n) is 4.35. The smallest absolute Gasteiger partial charge is 0.339 e. The highest BCUT2D eigenvalue weighted by Crippen LogP contribution is 2.05. The minimum Gasteiger partial charge on any atom is -0.462 e. The second-order valence-corrected chi connectivity index (χ2v) is 4.35. The van der Waals surface area contributed by atoms with Crippen LogP contribution in [0, 0.1) is 6.92 Å². The molecule has 0 atom stereocenters. The molecule has 4 heteroatoms. The van der Waals surface area contributed by atoms with Crippen molar-refractivity contribution >= 4 is 5.97 Å². The number of rotatable bonds is 5. The van der Waals surface area contributed by atoms with E-state index in [0.29, 0.717) is 12.2 Å². The van der Waals surface area contributed by atoms with Crippen molar-refractivity contribution in [2.24, 2.45) is 0 Å². The first-order valence-electron chi connectivity index (χ1n) is 6.23. The van der Waals surface area contributed by atoms with Gasteiger partial charge < -0.3 is 4.74 Å². The number of pyridine rings is 2. The van der Waals surface area contributed by atoms with E-state index in [1.807, 2.05) is 25.3 Å². The van der Waals surface area contributed by atoms with E-state index < -0.39 is 0 Å². The molecule has 0 aliphatic heterocycles. The zero-order valence-corrected chi connectivity index (χ0v) is 10.9. The van der Waals surface area contributed by atoms with Crippen molar-refractivity contribution in [2.45, 2.75) is 19.8 Å². The number of ether oxygens (including phenoxy) is 1. The molecule has 0 unspecified atom stereocenters. The Labute approximate surface area is 112 Å². The van der Waals surface area contributed by atoms with E-state index in [9.17, 15) is 4.79 Å². The molecule has 2 heterocycles. The molecule has 0 aliphatic rings. The van der Waals surface area contributed by atoms with E-state index >= 15 is 0 Å². The lowest BCUT2D eigenvalue weighted by molar-refractivity contribution is 0.0500. The molecule has 0 radical (unpaired) electrons. The summed E-state index contributed by atoms with van der Waals surface area (Å²) in [6, 6.07) is 5.69. The molecule has 0 saturated carbocycles. The number of aryl methyl sites for hydroxylation is 2. The van der Waals surface area contributed by atoms with Crippen molar-refractivity contribution in [3.05, 3.63) is 59.7 Å². The van der Waals surface area contributed by atoms with E-state index in [4.69, 9.17) is 4.74 Å². The van der Waals surface area contributed by atoms with Gasteiger partial charge in [0, 0.05) is 24.8 Å². The average Bonchev–Trinajstić information content (AvgIpc) is 2.44. The fourth-order valence-electron chi connectivity index (χ4n) is 1.74. The molecule has 0 spiro atoms. The highest BCUT2D eigenvalue weighted by Gasteiger charge is 2.07. The van der Waals surface area contributed by atoms with Crippen LogP contribution in [0.15, 0.2) is 43.0 Å². The summed E-state index contributed by atoms with van der Waals surface area (Å²) in [7, 11) is 0. The van der Waals surface area contributed by atoms with Gasteiger partial charge in [0.1, 0.15) is 0 Å². The van der Waals surface area contributed by atoms with Crippen LogP contribution in [-0.4, -0.2) is 22.5 Å². The summed E-state index contributed by atoms with van der Waals surface area (Å²) in [6.07, 6.45) is 8.44. The first-order valence-corrected chi connectivity index (χ1v) is 6.23. The Bertz CT molecular complexity index is 541. The largest absolute Gasteiger partial charge is 0.462 e. The van der Waals surface area contributed by atoms with Gasteiger partial charge in [-0.2, -0.15) is 0 Å². The topological polar surface area (TPSA) is 52.1 Å². The zero-order valence-electron chi connectivity index (χ0n) is 10.9. The van der Waals surface area contributed by atoms with E-state index in [2.05, 4.69) is 9.97 Å². The van der Waals surface area contributed by atoms with Crippen LogP contribution in [0.3, 0.4) is 0 Å². The lowest BCUT2D eigenvalue weighted by atomic mass is 10.2. The summed E-state index contributed by atoms with van der Waals surface area (Å²) < 4.78 is 5.21. The summed E-state index contributed by atoms with van der Waals surface area (Å²) in [5.41, 5.74) is 2.60. The van der Waals surface area contributed by atoms with Crippen molar-refractivity contribution in [1.82, 2.24) is 9.97 Å². The molecule has 2 rings (SSSR count). The quantitative estimate of drug-likeness (QED) is 0.609. The van der Waals surface area contributed by atoms with Crippen LogP contribution in [0.2, 0.25) is 0 Å². The third kappa shape index (κ3) is 4.17. The van der Waals surface area contributed by atoms with Gasteiger partial charge in [0.25, 0.3) is 0 Å². The molecule has 4 nitrogen and oxygen atoms in total. The first-order chi connectivity index (χ1) is 9.25. The number of nitrogens with zero attached hydrogens (tertiary/aromatic N) is 2. The SMILES string of the molecule is Cc1cncc(C(=O)OCCCc2cccnc2)c1. The van der Waals surface area contributed by atoms with Gasteiger partial charge in [-0.3, -0.25) is 9.97 Å². The maximum atomic E-state index is 11.7. The molecule has 0 saturated heterocycles. The van der Waals surface area contributed by atoms with Crippen molar-refractivity contribution in [3.8, 4) is 0 Å². The predicted octanol–water partition coefficient (Wildman–Crippen LogP) is 2.57. The fraction of sp³-hybridized carbons (Fsp3) is 0.267.